The molecule has 5 heteroatoms. The number of pyridine rings is 2. The van der Waals surface area contributed by atoms with Crippen molar-refractivity contribution in [2.24, 2.45) is 0 Å². The van der Waals surface area contributed by atoms with Gasteiger partial charge in [0, 0.05) is 38.6 Å². The lowest BCUT2D eigenvalue weighted by Crippen LogP contribution is -2.11. The molecule has 0 amide bonds. The van der Waals surface area contributed by atoms with Crippen molar-refractivity contribution < 1.29 is 8.78 Å². The lowest BCUT2D eigenvalue weighted by Gasteiger charge is -2.22. The molecule has 0 unspecified atom stereocenters. The van der Waals surface area contributed by atoms with E-state index in [1.807, 2.05) is 84.9 Å². The third kappa shape index (κ3) is 6.24. The van der Waals surface area contributed by atoms with Crippen LogP contribution < -0.4 is 0 Å². The van der Waals surface area contributed by atoms with Crippen molar-refractivity contribution in [1.29, 1.82) is 0 Å². The number of nitrogens with zero attached hydrogens (tertiary/aromatic N) is 2. The Balaban J connectivity index is 1.45. The lowest BCUT2D eigenvalue weighted by molar-refractivity contribution is 0.590. The number of rotatable bonds is 3. The van der Waals surface area contributed by atoms with Gasteiger partial charge in [-0.1, -0.05) is 133 Å². The van der Waals surface area contributed by atoms with E-state index in [-0.39, 0.29) is 22.2 Å². The number of hydrogen-bond donors (Lipinski definition) is 1. The molecule has 0 fully saturated rings. The summed E-state index contributed by atoms with van der Waals surface area (Å²) in [7, 11) is 0. The summed E-state index contributed by atoms with van der Waals surface area (Å²) in [5.41, 5.74) is 12.1. The van der Waals surface area contributed by atoms with Gasteiger partial charge in [0.15, 0.2) is 11.6 Å². The third-order valence-corrected chi connectivity index (χ3v) is 11.8. The van der Waals surface area contributed by atoms with Gasteiger partial charge in [-0.25, -0.2) is 18.7 Å². The van der Waals surface area contributed by atoms with Crippen LogP contribution in [0.1, 0.15) is 52.7 Å². The molecule has 3 aromatic heterocycles. The minimum Gasteiger partial charge on any atom is -0.353 e. The van der Waals surface area contributed by atoms with Crippen molar-refractivity contribution in [3.63, 3.8) is 0 Å². The van der Waals surface area contributed by atoms with Gasteiger partial charge >= 0.3 is 0 Å². The van der Waals surface area contributed by atoms with Crippen molar-refractivity contribution >= 4 is 21.8 Å². The van der Waals surface area contributed by atoms with Crippen LogP contribution in [-0.2, 0) is 10.8 Å². The Labute approximate surface area is 343 Å². The first-order valence-corrected chi connectivity index (χ1v) is 20.2. The maximum absolute atomic E-state index is 17.5. The van der Waals surface area contributed by atoms with E-state index < -0.39 is 11.6 Å². The fraction of sp³-hybridized carbons (Fsp3) is 0.148. The van der Waals surface area contributed by atoms with Crippen molar-refractivity contribution in [3.8, 4) is 78.4 Å². The van der Waals surface area contributed by atoms with Crippen LogP contribution in [-0.4, -0.2) is 15.0 Å². The Morgan fingerprint density at radius 2 is 0.814 bits per heavy atom. The summed E-state index contributed by atoms with van der Waals surface area (Å²) in [6.07, 6.45) is 0. The van der Waals surface area contributed by atoms with E-state index in [0.29, 0.717) is 33.6 Å². The highest BCUT2D eigenvalue weighted by atomic mass is 19.1. The van der Waals surface area contributed by atoms with Gasteiger partial charge in [-0.2, -0.15) is 0 Å². The first kappa shape index (κ1) is 36.6. The Kier molecular flexibility index (Phi) is 8.33. The lowest BCUT2D eigenvalue weighted by atomic mass is 9.82. The van der Waals surface area contributed by atoms with Gasteiger partial charge < -0.3 is 4.98 Å². The average Bonchev–Trinajstić information content (AvgIpc) is 3.62. The maximum Gasteiger partial charge on any atom is 0.159 e. The van der Waals surface area contributed by atoms with Crippen molar-refractivity contribution in [2.75, 3.05) is 0 Å². The molecule has 0 saturated heterocycles. The second kappa shape index (κ2) is 13.4. The Hall–Kier alpha value is -6.72. The third-order valence-electron chi connectivity index (χ3n) is 11.8. The molecule has 3 nitrogen and oxygen atoms in total. The zero-order valence-corrected chi connectivity index (χ0v) is 34.0. The minimum absolute atomic E-state index is 0.143. The smallest absolute Gasteiger partial charge is 0.159 e. The molecule has 59 heavy (non-hydrogen) atoms. The number of benzene rings is 6. The summed E-state index contributed by atoms with van der Waals surface area (Å²) in [4.78, 5) is 14.1. The molecule has 1 aliphatic rings. The molecule has 4 heterocycles. The van der Waals surface area contributed by atoms with Crippen molar-refractivity contribution in [1.82, 2.24) is 15.0 Å². The predicted molar refractivity (Wildman–Crippen MR) is 240 cm³/mol. The summed E-state index contributed by atoms with van der Waals surface area (Å²) < 4.78 is 35.0. The molecule has 0 radical (unpaired) electrons. The van der Waals surface area contributed by atoms with Gasteiger partial charge in [-0.15, -0.1) is 0 Å². The van der Waals surface area contributed by atoms with E-state index in [0.717, 1.165) is 60.8 Å². The van der Waals surface area contributed by atoms with E-state index in [1.165, 1.54) is 5.56 Å². The Morgan fingerprint density at radius 1 is 0.390 bits per heavy atom. The molecule has 0 aliphatic carbocycles. The molecule has 288 valence electrons. The van der Waals surface area contributed by atoms with Crippen LogP contribution in [0.25, 0.3) is 100 Å². The normalized spacial score (nSPS) is 12.4. The highest BCUT2D eigenvalue weighted by molar-refractivity contribution is 6.16. The summed E-state index contributed by atoms with van der Waals surface area (Å²) in [6, 6.07) is 48.3. The van der Waals surface area contributed by atoms with Gasteiger partial charge in [0.2, 0.25) is 0 Å². The average molecular weight is 772 g/mol. The second-order valence-electron chi connectivity index (χ2n) is 17.9. The molecule has 0 spiro atoms. The van der Waals surface area contributed by atoms with Crippen LogP contribution in [0.3, 0.4) is 0 Å². The molecule has 0 saturated carbocycles. The summed E-state index contributed by atoms with van der Waals surface area (Å²) in [5.74, 6) is -1.27. The Bertz CT molecular complexity index is 3120. The number of nitrogens with one attached hydrogen (secondary N) is 1. The van der Waals surface area contributed by atoms with Crippen LogP contribution in [0.4, 0.5) is 8.78 Å². The van der Waals surface area contributed by atoms with Gasteiger partial charge in [0.25, 0.3) is 0 Å². The molecule has 6 aromatic carbocycles. The first-order valence-electron chi connectivity index (χ1n) is 20.2. The molecule has 10 rings (SSSR count). The number of hydrogen-bond acceptors (Lipinski definition) is 2. The molecule has 1 aliphatic heterocycles. The van der Waals surface area contributed by atoms with E-state index >= 15 is 8.78 Å². The van der Waals surface area contributed by atoms with Crippen LogP contribution >= 0.6 is 0 Å². The number of fused-ring (bicyclic) bond motifs is 11. The standard InChI is InChI=1S/C54H43F2N3/c1-53(2,3)37-25-41-35-22-34(31-16-10-7-11-17-31)23-36(24-35)45-29-39(32-18-12-8-13-19-32)47(55)51(57-45)52-48(56)40(33-20-14-9-15-21-33)30-46(58-52)44-28-38(54(4,5)6)27-43-42(26-37)49(41)59-50(43)44/h7-30,59H,1-6H3. The van der Waals surface area contributed by atoms with Crippen LogP contribution in [0.5, 0.6) is 0 Å². The molecule has 1 N–H and O–H groups in total. The van der Waals surface area contributed by atoms with Crippen LogP contribution in [0.2, 0.25) is 0 Å². The summed E-state index contributed by atoms with van der Waals surface area (Å²) >= 11 is 0. The van der Waals surface area contributed by atoms with E-state index in [2.05, 4.69) is 101 Å². The number of aromatic amines is 1. The van der Waals surface area contributed by atoms with Crippen LogP contribution in [0.15, 0.2) is 146 Å². The maximum atomic E-state index is 17.5. The van der Waals surface area contributed by atoms with Crippen LogP contribution in [0, 0.1) is 11.6 Å². The molecular formula is C54H43F2N3. The number of aromatic nitrogens is 3. The van der Waals surface area contributed by atoms with Gasteiger partial charge in [-0.3, -0.25) is 0 Å². The van der Waals surface area contributed by atoms with E-state index in [4.69, 9.17) is 9.97 Å². The highest BCUT2D eigenvalue weighted by Crippen LogP contribution is 2.46. The monoisotopic (exact) mass is 771 g/mol. The second-order valence-corrected chi connectivity index (χ2v) is 17.9. The van der Waals surface area contributed by atoms with Crippen molar-refractivity contribution in [2.45, 2.75) is 52.4 Å². The largest absolute Gasteiger partial charge is 0.353 e. The van der Waals surface area contributed by atoms with E-state index in [1.54, 1.807) is 6.07 Å². The summed E-state index contributed by atoms with van der Waals surface area (Å²) in [5, 5.41) is 2.15. The number of H-pyrrole nitrogens is 1. The minimum atomic E-state index is -0.635. The molecular weight excluding hydrogens is 729 g/mol. The number of halogens is 2. The van der Waals surface area contributed by atoms with Gasteiger partial charge in [-0.05, 0) is 104 Å². The Morgan fingerprint density at radius 3 is 1.34 bits per heavy atom. The quantitative estimate of drug-likeness (QED) is 0.194. The zero-order chi connectivity index (χ0) is 40.8. The van der Waals surface area contributed by atoms with E-state index in [9.17, 15) is 0 Å². The fourth-order valence-electron chi connectivity index (χ4n) is 8.44. The topological polar surface area (TPSA) is 41.6 Å². The summed E-state index contributed by atoms with van der Waals surface area (Å²) in [6.45, 7) is 13.3. The zero-order valence-electron chi connectivity index (χ0n) is 34.0. The fourth-order valence-corrected chi connectivity index (χ4v) is 8.44. The molecule has 9 aromatic rings. The predicted octanol–water partition coefficient (Wildman–Crippen LogP) is 15.0. The van der Waals surface area contributed by atoms with Gasteiger partial charge in [0.1, 0.15) is 11.4 Å². The first-order chi connectivity index (χ1) is 28.3. The van der Waals surface area contributed by atoms with Crippen molar-refractivity contribution in [3.05, 3.63) is 168 Å². The highest BCUT2D eigenvalue weighted by Gasteiger charge is 2.28. The van der Waals surface area contributed by atoms with Gasteiger partial charge in [0.05, 0.1) is 22.4 Å². The molecule has 0 atom stereocenters. The SMILES string of the molecule is CC(C)(C)c1cc2c3[nH]c4c(cc(C(C)(C)C)cc4c3c1)-c1cc(-c3ccccc3)c(F)c(n1)-c1nc(cc(-c3ccccc3)c1F)-c1cc(-c3ccccc3)cc-2c1. The molecule has 8 bridgehead atoms.